The molecule has 1 saturated heterocycles. The van der Waals surface area contributed by atoms with Crippen LogP contribution < -0.4 is 0 Å². The number of aromatic carboxylic acids is 1. The molecule has 8 heteroatoms. The summed E-state index contributed by atoms with van der Waals surface area (Å²) in [5, 5.41) is 8.85. The first-order valence-corrected chi connectivity index (χ1v) is 10.5. The molecule has 1 aromatic heterocycles. The molecule has 2 heterocycles. The minimum atomic E-state index is -1.11. The molecule has 1 N–H and O–H groups in total. The van der Waals surface area contributed by atoms with Crippen LogP contribution in [0.2, 0.25) is 5.02 Å². The summed E-state index contributed by atoms with van der Waals surface area (Å²) in [6.07, 6.45) is 1.52. The van der Waals surface area contributed by atoms with E-state index in [1.54, 1.807) is 18.2 Å². The van der Waals surface area contributed by atoms with Crippen molar-refractivity contribution in [1.82, 2.24) is 4.90 Å². The zero-order valence-corrected chi connectivity index (χ0v) is 17.9. The van der Waals surface area contributed by atoms with E-state index in [2.05, 4.69) is 0 Å². The monoisotopic (exact) mass is 453 g/mol. The number of carbonyl (C=O) groups excluding carboxylic acids is 2. The van der Waals surface area contributed by atoms with Gasteiger partial charge in [-0.2, -0.15) is 0 Å². The van der Waals surface area contributed by atoms with Gasteiger partial charge in [0.25, 0.3) is 11.1 Å². The van der Waals surface area contributed by atoms with Crippen LogP contribution in [-0.4, -0.2) is 27.1 Å². The minimum Gasteiger partial charge on any atom is -0.478 e. The molecule has 0 radical (unpaired) electrons. The highest BCUT2D eigenvalue weighted by molar-refractivity contribution is 8.18. The van der Waals surface area contributed by atoms with Crippen molar-refractivity contribution in [2.24, 2.45) is 0 Å². The smallest absolute Gasteiger partial charge is 0.337 e. The van der Waals surface area contributed by atoms with Gasteiger partial charge in [-0.3, -0.25) is 14.5 Å². The highest BCUT2D eigenvalue weighted by atomic mass is 35.5. The van der Waals surface area contributed by atoms with Crippen molar-refractivity contribution in [3.63, 3.8) is 0 Å². The average molecular weight is 454 g/mol. The number of thioether (sulfide) groups is 1. The predicted molar refractivity (Wildman–Crippen MR) is 119 cm³/mol. The lowest BCUT2D eigenvalue weighted by molar-refractivity contribution is -0.123. The molecule has 31 heavy (non-hydrogen) atoms. The maximum Gasteiger partial charge on any atom is 0.337 e. The summed E-state index contributed by atoms with van der Waals surface area (Å²) in [5.41, 5.74) is 2.57. The predicted octanol–water partition coefficient (Wildman–Crippen LogP) is 5.84. The molecule has 1 fully saturated rings. The van der Waals surface area contributed by atoms with Gasteiger partial charge in [0.2, 0.25) is 0 Å². The molecule has 0 aliphatic carbocycles. The standard InChI is InChI=1S/C23H16ClNO5S/c1-13-2-4-14(5-3-13)12-25-21(26)20(31-23(25)29)11-16-7-9-19(30-16)15-6-8-17(22(27)28)18(24)10-15/h2-11H,12H2,1H3,(H,27,28)/b20-11-. The van der Waals surface area contributed by atoms with Crippen LogP contribution in [-0.2, 0) is 11.3 Å². The van der Waals surface area contributed by atoms with Crippen molar-refractivity contribution < 1.29 is 23.9 Å². The highest BCUT2D eigenvalue weighted by Crippen LogP contribution is 2.34. The number of imide groups is 1. The first kappa shape index (κ1) is 21.0. The summed E-state index contributed by atoms with van der Waals surface area (Å²) < 4.78 is 5.76. The maximum absolute atomic E-state index is 12.7. The number of carboxylic acid groups (broad SMARTS) is 1. The Morgan fingerprint density at radius 2 is 1.87 bits per heavy atom. The molecule has 6 nitrogen and oxygen atoms in total. The number of hydrogen-bond acceptors (Lipinski definition) is 5. The van der Waals surface area contributed by atoms with Gasteiger partial charge >= 0.3 is 5.97 Å². The quantitative estimate of drug-likeness (QED) is 0.488. The Bertz CT molecular complexity index is 1230. The molecule has 0 unspecified atom stereocenters. The third-order valence-electron chi connectivity index (χ3n) is 4.72. The molecule has 0 saturated carbocycles. The van der Waals surface area contributed by atoms with Crippen LogP contribution in [0, 0.1) is 6.92 Å². The van der Waals surface area contributed by atoms with Gasteiger partial charge in [-0.15, -0.1) is 0 Å². The van der Waals surface area contributed by atoms with Gasteiger partial charge in [0.15, 0.2) is 0 Å². The SMILES string of the molecule is Cc1ccc(CN2C(=O)S/C(=C\c3ccc(-c4ccc(C(=O)O)c(Cl)c4)o3)C2=O)cc1. The zero-order chi connectivity index (χ0) is 22.1. The normalized spacial score (nSPS) is 15.2. The lowest BCUT2D eigenvalue weighted by Gasteiger charge is -2.12. The van der Waals surface area contributed by atoms with Crippen molar-refractivity contribution in [2.75, 3.05) is 0 Å². The minimum absolute atomic E-state index is 0.000512. The third kappa shape index (κ3) is 4.42. The van der Waals surface area contributed by atoms with Gasteiger partial charge in [-0.1, -0.05) is 47.5 Å². The molecule has 0 bridgehead atoms. The molecule has 2 aromatic carbocycles. The number of benzene rings is 2. The van der Waals surface area contributed by atoms with Crippen LogP contribution in [0.15, 0.2) is 63.9 Å². The lowest BCUT2D eigenvalue weighted by atomic mass is 10.1. The highest BCUT2D eigenvalue weighted by Gasteiger charge is 2.35. The fourth-order valence-corrected chi connectivity index (χ4v) is 4.15. The molecule has 3 aromatic rings. The number of carbonyl (C=O) groups is 3. The van der Waals surface area contributed by atoms with Crippen molar-refractivity contribution in [3.8, 4) is 11.3 Å². The first-order valence-electron chi connectivity index (χ1n) is 9.26. The summed E-state index contributed by atoms with van der Waals surface area (Å²) in [6, 6.07) is 15.5. The van der Waals surface area contributed by atoms with Crippen molar-refractivity contribution in [1.29, 1.82) is 0 Å². The van der Waals surface area contributed by atoms with Crippen molar-refractivity contribution >= 4 is 46.6 Å². The van der Waals surface area contributed by atoms with Crippen molar-refractivity contribution in [3.05, 3.63) is 87.0 Å². The van der Waals surface area contributed by atoms with E-state index in [-0.39, 0.29) is 33.2 Å². The number of furan rings is 1. The maximum atomic E-state index is 12.7. The number of aryl methyl sites for hydroxylation is 1. The topological polar surface area (TPSA) is 87.8 Å². The van der Waals surface area contributed by atoms with Crippen LogP contribution >= 0.6 is 23.4 Å². The Morgan fingerprint density at radius 3 is 2.55 bits per heavy atom. The van der Waals surface area contributed by atoms with Gasteiger partial charge in [-0.05, 0) is 48.5 Å². The number of carboxylic acids is 1. The van der Waals surface area contributed by atoms with E-state index in [1.807, 2.05) is 31.2 Å². The van der Waals surface area contributed by atoms with Gasteiger partial charge in [0.05, 0.1) is 22.0 Å². The van der Waals surface area contributed by atoms with Gasteiger partial charge < -0.3 is 9.52 Å². The number of rotatable bonds is 5. The van der Waals surface area contributed by atoms with Crippen LogP contribution in [0.4, 0.5) is 4.79 Å². The largest absolute Gasteiger partial charge is 0.478 e. The van der Waals surface area contributed by atoms with Gasteiger partial charge in [0, 0.05) is 11.6 Å². The van der Waals surface area contributed by atoms with E-state index in [1.165, 1.54) is 23.1 Å². The number of nitrogens with zero attached hydrogens (tertiary/aromatic N) is 1. The lowest BCUT2D eigenvalue weighted by Crippen LogP contribution is -2.27. The molecule has 2 amide bonds. The van der Waals surface area contributed by atoms with Crippen LogP contribution in [0.1, 0.15) is 27.2 Å². The summed E-state index contributed by atoms with van der Waals surface area (Å²) >= 11 is 6.88. The Hall–Kier alpha value is -3.29. The molecule has 1 aliphatic rings. The van der Waals surface area contributed by atoms with Gasteiger partial charge in [-0.25, -0.2) is 4.79 Å². The van der Waals surface area contributed by atoms with E-state index in [9.17, 15) is 14.4 Å². The molecule has 0 spiro atoms. The van der Waals surface area contributed by atoms with E-state index >= 15 is 0 Å². The molecular weight excluding hydrogens is 438 g/mol. The fourth-order valence-electron chi connectivity index (χ4n) is 3.07. The molecule has 156 valence electrons. The van der Waals surface area contributed by atoms with Crippen LogP contribution in [0.3, 0.4) is 0 Å². The van der Waals surface area contributed by atoms with E-state index in [0.717, 1.165) is 22.9 Å². The van der Waals surface area contributed by atoms with Crippen LogP contribution in [0.5, 0.6) is 0 Å². The second-order valence-corrected chi connectivity index (χ2v) is 8.36. The summed E-state index contributed by atoms with van der Waals surface area (Å²) in [6.45, 7) is 2.18. The van der Waals surface area contributed by atoms with E-state index in [4.69, 9.17) is 21.1 Å². The summed E-state index contributed by atoms with van der Waals surface area (Å²) in [7, 11) is 0. The van der Waals surface area contributed by atoms with Crippen LogP contribution in [0.25, 0.3) is 17.4 Å². The Balaban J connectivity index is 1.53. The average Bonchev–Trinajstić information content (AvgIpc) is 3.29. The second-order valence-electron chi connectivity index (χ2n) is 6.96. The zero-order valence-electron chi connectivity index (χ0n) is 16.3. The molecule has 1 aliphatic heterocycles. The number of halogens is 1. The summed E-state index contributed by atoms with van der Waals surface area (Å²) in [4.78, 5) is 37.6. The Kier molecular flexibility index (Phi) is 5.71. The fraction of sp³-hybridized carbons (Fsp3) is 0.0870. The van der Waals surface area contributed by atoms with Crippen molar-refractivity contribution in [2.45, 2.75) is 13.5 Å². The Morgan fingerprint density at radius 1 is 1.13 bits per heavy atom. The first-order chi connectivity index (χ1) is 14.8. The molecule has 0 atom stereocenters. The number of amides is 2. The molecular formula is C23H16ClNO5S. The summed E-state index contributed by atoms with van der Waals surface area (Å²) in [5.74, 6) is -0.626. The Labute approximate surface area is 187 Å². The number of hydrogen-bond donors (Lipinski definition) is 1. The van der Waals surface area contributed by atoms with E-state index < -0.39 is 5.97 Å². The molecule has 4 rings (SSSR count). The third-order valence-corrected chi connectivity index (χ3v) is 5.94. The van der Waals surface area contributed by atoms with Gasteiger partial charge in [0.1, 0.15) is 11.5 Å². The van der Waals surface area contributed by atoms with E-state index in [0.29, 0.717) is 17.1 Å². The second kappa shape index (κ2) is 8.45.